The fourth-order valence-corrected chi connectivity index (χ4v) is 2.62. The molecule has 2 aromatic rings. The normalized spacial score (nSPS) is 11.9. The minimum absolute atomic E-state index is 0.000786. The second-order valence-electron chi connectivity index (χ2n) is 5.00. The van der Waals surface area contributed by atoms with E-state index < -0.39 is 12.1 Å². The highest BCUT2D eigenvalue weighted by Crippen LogP contribution is 2.32. The summed E-state index contributed by atoms with van der Waals surface area (Å²) in [6.07, 6.45) is -0.976. The number of benzene rings is 2. The molecule has 0 saturated heterocycles. The van der Waals surface area contributed by atoms with E-state index >= 15 is 0 Å². The van der Waals surface area contributed by atoms with Gasteiger partial charge in [-0.25, -0.2) is 4.79 Å². The van der Waals surface area contributed by atoms with E-state index in [1.807, 2.05) is 19.1 Å². The smallest absolute Gasteiger partial charge is 0.341 e. The fourth-order valence-electron chi connectivity index (χ4n) is 1.94. The van der Waals surface area contributed by atoms with E-state index in [9.17, 15) is 9.59 Å². The molecule has 0 heterocycles. The van der Waals surface area contributed by atoms with E-state index in [1.165, 1.54) is 19.1 Å². The van der Waals surface area contributed by atoms with E-state index in [-0.39, 0.29) is 26.4 Å². The molecule has 120 valence electrons. The van der Waals surface area contributed by atoms with Crippen LogP contribution in [-0.4, -0.2) is 17.9 Å². The molecule has 0 amide bonds. The quantitative estimate of drug-likeness (QED) is 0.411. The average molecular weight is 372 g/mol. The minimum atomic E-state index is -0.976. The van der Waals surface area contributed by atoms with Gasteiger partial charge in [0.15, 0.2) is 6.10 Å². The molecule has 0 aliphatic carbocycles. The van der Waals surface area contributed by atoms with Crippen LogP contribution in [0.4, 0.5) is 0 Å². The van der Waals surface area contributed by atoms with Crippen LogP contribution in [0.2, 0.25) is 15.1 Å². The van der Waals surface area contributed by atoms with Crippen molar-refractivity contribution >= 4 is 46.6 Å². The highest BCUT2D eigenvalue weighted by Gasteiger charge is 2.24. The van der Waals surface area contributed by atoms with Gasteiger partial charge >= 0.3 is 5.97 Å². The molecule has 0 spiro atoms. The van der Waals surface area contributed by atoms with Gasteiger partial charge in [0.25, 0.3) is 0 Å². The Bertz CT molecular complexity index is 754. The summed E-state index contributed by atoms with van der Waals surface area (Å²) >= 11 is 17.8. The maximum atomic E-state index is 12.3. The third-order valence-corrected chi connectivity index (χ3v) is 4.36. The zero-order chi connectivity index (χ0) is 17.1. The molecule has 0 unspecified atom stereocenters. The van der Waals surface area contributed by atoms with Gasteiger partial charge in [-0.3, -0.25) is 4.79 Å². The zero-order valence-electron chi connectivity index (χ0n) is 12.4. The topological polar surface area (TPSA) is 43.4 Å². The van der Waals surface area contributed by atoms with Gasteiger partial charge < -0.3 is 4.74 Å². The summed E-state index contributed by atoms with van der Waals surface area (Å²) in [6.45, 7) is 3.41. The van der Waals surface area contributed by atoms with Crippen molar-refractivity contribution in [2.24, 2.45) is 0 Å². The van der Waals surface area contributed by atoms with Gasteiger partial charge in [-0.15, -0.1) is 0 Å². The number of esters is 1. The zero-order valence-corrected chi connectivity index (χ0v) is 14.7. The fraction of sp³-hybridized carbons (Fsp3) is 0.176. The molecular formula is C17H13Cl3O3. The van der Waals surface area contributed by atoms with Crippen LogP contribution in [0, 0.1) is 6.92 Å². The SMILES string of the molecule is Cc1ccc(C(=O)[C@@H](C)OC(=O)c2c(Cl)ccc(Cl)c2Cl)cc1. The van der Waals surface area contributed by atoms with E-state index in [0.29, 0.717) is 5.56 Å². The van der Waals surface area contributed by atoms with Crippen molar-refractivity contribution < 1.29 is 14.3 Å². The van der Waals surface area contributed by atoms with Crippen molar-refractivity contribution in [3.63, 3.8) is 0 Å². The molecule has 0 fully saturated rings. The van der Waals surface area contributed by atoms with E-state index in [0.717, 1.165) is 5.56 Å². The Hall–Kier alpha value is -1.55. The summed E-state index contributed by atoms with van der Waals surface area (Å²) < 4.78 is 5.18. The second-order valence-corrected chi connectivity index (χ2v) is 6.19. The molecule has 0 aliphatic heterocycles. The van der Waals surface area contributed by atoms with E-state index in [1.54, 1.807) is 12.1 Å². The number of aryl methyl sites for hydroxylation is 1. The van der Waals surface area contributed by atoms with Crippen LogP contribution in [0.3, 0.4) is 0 Å². The van der Waals surface area contributed by atoms with Gasteiger partial charge in [0.2, 0.25) is 5.78 Å². The molecule has 23 heavy (non-hydrogen) atoms. The van der Waals surface area contributed by atoms with Crippen molar-refractivity contribution in [3.8, 4) is 0 Å². The average Bonchev–Trinajstić information content (AvgIpc) is 2.51. The number of hydrogen-bond acceptors (Lipinski definition) is 3. The van der Waals surface area contributed by atoms with Gasteiger partial charge in [0.1, 0.15) is 0 Å². The van der Waals surface area contributed by atoms with Crippen LogP contribution in [0.5, 0.6) is 0 Å². The van der Waals surface area contributed by atoms with Crippen molar-refractivity contribution in [1.29, 1.82) is 0 Å². The number of ether oxygens (including phenoxy) is 1. The first-order valence-electron chi connectivity index (χ1n) is 6.76. The Morgan fingerprint density at radius 3 is 2.13 bits per heavy atom. The first kappa shape index (κ1) is 17.8. The van der Waals surface area contributed by atoms with Crippen LogP contribution in [0.1, 0.15) is 33.2 Å². The Labute approximate surface area is 149 Å². The van der Waals surface area contributed by atoms with E-state index in [2.05, 4.69) is 0 Å². The molecule has 0 aliphatic rings. The van der Waals surface area contributed by atoms with Gasteiger partial charge in [-0.1, -0.05) is 64.6 Å². The lowest BCUT2D eigenvalue weighted by atomic mass is 10.1. The molecule has 3 nitrogen and oxygen atoms in total. The lowest BCUT2D eigenvalue weighted by Gasteiger charge is -2.14. The lowest BCUT2D eigenvalue weighted by Crippen LogP contribution is -2.24. The van der Waals surface area contributed by atoms with Crippen LogP contribution < -0.4 is 0 Å². The summed E-state index contributed by atoms with van der Waals surface area (Å²) in [5.74, 6) is -1.11. The minimum Gasteiger partial charge on any atom is -0.451 e. The van der Waals surface area contributed by atoms with Crippen LogP contribution in [-0.2, 0) is 4.74 Å². The first-order valence-corrected chi connectivity index (χ1v) is 7.90. The molecular weight excluding hydrogens is 359 g/mol. The predicted molar refractivity (Wildman–Crippen MR) is 91.9 cm³/mol. The lowest BCUT2D eigenvalue weighted by molar-refractivity contribution is 0.0319. The Morgan fingerprint density at radius 1 is 0.957 bits per heavy atom. The van der Waals surface area contributed by atoms with Crippen molar-refractivity contribution in [3.05, 3.63) is 68.2 Å². The summed E-state index contributed by atoms with van der Waals surface area (Å²) in [5, 5.41) is 0.291. The second kappa shape index (κ2) is 7.35. The van der Waals surface area contributed by atoms with Gasteiger partial charge in [-0.05, 0) is 26.0 Å². The molecule has 0 aromatic heterocycles. The number of hydrogen-bond donors (Lipinski definition) is 0. The predicted octanol–water partition coefficient (Wildman–Crippen LogP) is 5.38. The van der Waals surface area contributed by atoms with Crippen LogP contribution >= 0.6 is 34.8 Å². The van der Waals surface area contributed by atoms with Crippen molar-refractivity contribution in [2.45, 2.75) is 20.0 Å². The Balaban J connectivity index is 2.18. The first-order chi connectivity index (χ1) is 10.8. The number of Topliss-reactive ketones (excluding diaryl/α,β-unsaturated/α-hetero) is 1. The van der Waals surface area contributed by atoms with Gasteiger partial charge in [0, 0.05) is 5.56 Å². The summed E-state index contributed by atoms with van der Waals surface area (Å²) in [4.78, 5) is 24.5. The van der Waals surface area contributed by atoms with Gasteiger partial charge in [-0.2, -0.15) is 0 Å². The number of ketones is 1. The van der Waals surface area contributed by atoms with Gasteiger partial charge in [0.05, 0.1) is 20.6 Å². The summed E-state index contributed by atoms with van der Waals surface area (Å²) in [5.41, 5.74) is 1.44. The Kier molecular flexibility index (Phi) is 5.69. The molecule has 1 atom stereocenters. The third-order valence-electron chi connectivity index (χ3n) is 3.24. The van der Waals surface area contributed by atoms with Crippen LogP contribution in [0.25, 0.3) is 0 Å². The summed E-state index contributed by atoms with van der Waals surface area (Å²) in [7, 11) is 0. The monoisotopic (exact) mass is 370 g/mol. The molecule has 0 saturated carbocycles. The molecule has 0 bridgehead atoms. The Morgan fingerprint density at radius 2 is 1.52 bits per heavy atom. The third kappa shape index (κ3) is 4.05. The molecule has 6 heteroatoms. The largest absolute Gasteiger partial charge is 0.451 e. The standard InChI is InChI=1S/C17H13Cl3O3/c1-9-3-5-11(6-4-9)16(21)10(2)23-17(22)14-12(18)7-8-13(19)15(14)20/h3-8,10H,1-2H3/t10-/m1/s1. The van der Waals surface area contributed by atoms with Crippen molar-refractivity contribution in [2.75, 3.05) is 0 Å². The van der Waals surface area contributed by atoms with Crippen molar-refractivity contribution in [1.82, 2.24) is 0 Å². The number of carbonyl (C=O) groups is 2. The summed E-state index contributed by atoms with van der Waals surface area (Å²) in [6, 6.07) is 9.91. The van der Waals surface area contributed by atoms with Crippen LogP contribution in [0.15, 0.2) is 36.4 Å². The molecule has 0 radical (unpaired) electrons. The highest BCUT2D eigenvalue weighted by atomic mass is 35.5. The number of rotatable bonds is 4. The van der Waals surface area contributed by atoms with E-state index in [4.69, 9.17) is 39.5 Å². The number of halogens is 3. The number of carbonyl (C=O) groups excluding carboxylic acids is 2. The molecule has 2 rings (SSSR count). The maximum Gasteiger partial charge on any atom is 0.341 e. The highest BCUT2D eigenvalue weighted by molar-refractivity contribution is 6.46. The molecule has 2 aromatic carbocycles. The molecule has 0 N–H and O–H groups in total. The maximum absolute atomic E-state index is 12.3.